The highest BCUT2D eigenvalue weighted by atomic mass is 79.9. The number of carbonyl (C=O) groups excluding carboxylic acids is 1. The Labute approximate surface area is 162 Å². The van der Waals surface area contributed by atoms with E-state index in [4.69, 9.17) is 4.74 Å². The monoisotopic (exact) mass is 426 g/mol. The van der Waals surface area contributed by atoms with Gasteiger partial charge in [-0.05, 0) is 45.6 Å². The molecule has 3 aromatic rings. The fourth-order valence-corrected chi connectivity index (χ4v) is 3.99. The molecular weight excluding hydrogens is 412 g/mol. The summed E-state index contributed by atoms with van der Waals surface area (Å²) >= 11 is 3.50. The molecule has 0 saturated heterocycles. The van der Waals surface area contributed by atoms with Gasteiger partial charge in [0.25, 0.3) is 5.56 Å². The van der Waals surface area contributed by atoms with Gasteiger partial charge >= 0.3 is 5.69 Å². The summed E-state index contributed by atoms with van der Waals surface area (Å²) in [7, 11) is 1.58. The first-order valence-corrected chi connectivity index (χ1v) is 9.13. The van der Waals surface area contributed by atoms with Crippen molar-refractivity contribution >= 4 is 21.7 Å². The van der Waals surface area contributed by atoms with E-state index in [2.05, 4.69) is 20.9 Å². The number of Topliss-reactive ketones (excluding diaryl/α,β-unsaturated/α-hetero) is 1. The highest BCUT2D eigenvalue weighted by Crippen LogP contribution is 2.39. The number of halogens is 1. The molecule has 27 heavy (non-hydrogen) atoms. The number of nitrogens with one attached hydrogen (secondary N) is 1. The fourth-order valence-electron chi connectivity index (χ4n) is 3.38. The number of fused-ring (bicyclic) bond motifs is 1. The number of carbonyl (C=O) groups is 1. The number of methoxy groups -OCH3 is 1. The van der Waals surface area contributed by atoms with E-state index in [0.717, 1.165) is 28.7 Å². The van der Waals surface area contributed by atoms with Crippen LogP contribution < -0.4 is 16.0 Å². The van der Waals surface area contributed by atoms with Gasteiger partial charge in [0.2, 0.25) is 0 Å². The maximum absolute atomic E-state index is 12.2. The summed E-state index contributed by atoms with van der Waals surface area (Å²) in [5, 5.41) is 0. The van der Waals surface area contributed by atoms with Crippen molar-refractivity contribution in [2.24, 2.45) is 0 Å². The molecule has 1 heterocycles. The topological polar surface area (TPSA) is 81.2 Å². The van der Waals surface area contributed by atoms with E-state index in [1.54, 1.807) is 13.2 Å². The first-order chi connectivity index (χ1) is 13.0. The molecule has 4 rings (SSSR count). The predicted octanol–water partition coefficient (Wildman–Crippen LogP) is 3.09. The van der Waals surface area contributed by atoms with Gasteiger partial charge in [0.15, 0.2) is 5.78 Å². The average Bonchev–Trinajstić information content (AvgIpc) is 3.01. The lowest BCUT2D eigenvalue weighted by Crippen LogP contribution is -2.27. The Morgan fingerprint density at radius 1 is 1.04 bits per heavy atom. The van der Waals surface area contributed by atoms with Crippen LogP contribution >= 0.6 is 15.9 Å². The van der Waals surface area contributed by atoms with Crippen LogP contribution in [0.5, 0.6) is 5.75 Å². The van der Waals surface area contributed by atoms with Gasteiger partial charge in [0, 0.05) is 29.8 Å². The molecule has 0 spiro atoms. The van der Waals surface area contributed by atoms with E-state index in [1.165, 1.54) is 16.8 Å². The first kappa shape index (κ1) is 17.5. The smallest absolute Gasteiger partial charge is 0.332 e. The maximum atomic E-state index is 12.2. The minimum absolute atomic E-state index is 0.165. The van der Waals surface area contributed by atoms with Crippen LogP contribution in [-0.4, -0.2) is 22.4 Å². The summed E-state index contributed by atoms with van der Waals surface area (Å²) in [6.45, 7) is 0. The van der Waals surface area contributed by atoms with Crippen LogP contribution in [0.15, 0.2) is 56.7 Å². The van der Waals surface area contributed by atoms with Gasteiger partial charge < -0.3 is 4.74 Å². The molecule has 1 N–H and O–H groups in total. The van der Waals surface area contributed by atoms with E-state index < -0.39 is 11.2 Å². The molecule has 7 heteroatoms. The quantitative estimate of drug-likeness (QED) is 0.697. The number of aromatic nitrogens is 2. The Hall–Kier alpha value is -2.93. The lowest BCUT2D eigenvalue weighted by Gasteiger charge is -2.15. The van der Waals surface area contributed by atoms with Crippen molar-refractivity contribution in [1.29, 1.82) is 0 Å². The summed E-state index contributed by atoms with van der Waals surface area (Å²) in [5.74, 6) is 0.790. The molecule has 1 aliphatic rings. The van der Waals surface area contributed by atoms with Crippen molar-refractivity contribution in [3.63, 3.8) is 0 Å². The predicted molar refractivity (Wildman–Crippen MR) is 105 cm³/mol. The molecule has 0 unspecified atom stereocenters. The molecular formula is C20H15BrN2O4. The third-order valence-corrected chi connectivity index (χ3v) is 5.26. The van der Waals surface area contributed by atoms with Crippen molar-refractivity contribution in [2.75, 3.05) is 7.11 Å². The minimum atomic E-state index is -0.523. The molecule has 2 aromatic carbocycles. The second-order valence-electron chi connectivity index (χ2n) is 6.28. The molecule has 6 nitrogen and oxygen atoms in total. The van der Waals surface area contributed by atoms with E-state index in [0.29, 0.717) is 22.3 Å². The number of hydrogen-bond donors (Lipinski definition) is 1. The Balaban J connectivity index is 1.92. The van der Waals surface area contributed by atoms with E-state index in [9.17, 15) is 14.4 Å². The Morgan fingerprint density at radius 3 is 2.59 bits per heavy atom. The number of ether oxygens (including phenoxy) is 1. The first-order valence-electron chi connectivity index (χ1n) is 8.34. The number of ketones is 1. The number of hydrogen-bond acceptors (Lipinski definition) is 4. The van der Waals surface area contributed by atoms with Crippen LogP contribution in [0.25, 0.3) is 16.8 Å². The van der Waals surface area contributed by atoms with Gasteiger partial charge in [-0.2, -0.15) is 0 Å². The summed E-state index contributed by atoms with van der Waals surface area (Å²) in [5.41, 5.74) is 3.06. The lowest BCUT2D eigenvalue weighted by atomic mass is 9.99. The number of aryl methyl sites for hydroxylation is 1. The van der Waals surface area contributed by atoms with E-state index in [1.807, 2.05) is 24.3 Å². The summed E-state index contributed by atoms with van der Waals surface area (Å²) in [4.78, 5) is 37.7. The lowest BCUT2D eigenvalue weighted by molar-refractivity contribution is 0.0994. The van der Waals surface area contributed by atoms with Crippen LogP contribution in [-0.2, 0) is 6.42 Å². The summed E-state index contributed by atoms with van der Waals surface area (Å²) in [6, 6.07) is 10.6. The van der Waals surface area contributed by atoms with E-state index >= 15 is 0 Å². The standard InChI is InChI=1S/C20H15BrN2O4/c1-27-19-15(12-2-4-14-11(8-12)3-5-17(14)24)9-13(10-16(19)21)23-7-6-18(25)22-20(23)26/h2,4,6-10H,3,5H2,1H3,(H,22,25,26). The Morgan fingerprint density at radius 2 is 1.85 bits per heavy atom. The third-order valence-electron chi connectivity index (χ3n) is 4.67. The number of H-pyrrole nitrogens is 1. The maximum Gasteiger partial charge on any atom is 0.332 e. The highest BCUT2D eigenvalue weighted by molar-refractivity contribution is 9.10. The SMILES string of the molecule is COc1c(Br)cc(-n2ccc(=O)[nH]c2=O)cc1-c1ccc2c(c1)CCC2=O. The molecule has 0 amide bonds. The Kier molecular flexibility index (Phi) is 4.31. The van der Waals surface area contributed by atoms with Crippen LogP contribution in [0.2, 0.25) is 0 Å². The highest BCUT2D eigenvalue weighted by Gasteiger charge is 2.21. The van der Waals surface area contributed by atoms with Gasteiger partial charge in [-0.15, -0.1) is 0 Å². The number of nitrogens with zero attached hydrogens (tertiary/aromatic N) is 1. The molecule has 0 bridgehead atoms. The average molecular weight is 427 g/mol. The number of benzene rings is 2. The minimum Gasteiger partial charge on any atom is -0.495 e. The van der Waals surface area contributed by atoms with Gasteiger partial charge in [-0.3, -0.25) is 19.1 Å². The number of aromatic amines is 1. The zero-order valence-electron chi connectivity index (χ0n) is 14.4. The second-order valence-corrected chi connectivity index (χ2v) is 7.14. The molecule has 0 atom stereocenters. The van der Waals surface area contributed by atoms with Crippen molar-refractivity contribution in [2.45, 2.75) is 12.8 Å². The van der Waals surface area contributed by atoms with Crippen LogP contribution in [0.1, 0.15) is 22.3 Å². The van der Waals surface area contributed by atoms with Gasteiger partial charge in [-0.25, -0.2) is 4.79 Å². The largest absolute Gasteiger partial charge is 0.495 e. The summed E-state index contributed by atoms with van der Waals surface area (Å²) < 4.78 is 7.58. The van der Waals surface area contributed by atoms with Crippen LogP contribution in [0, 0.1) is 0 Å². The molecule has 0 saturated carbocycles. The van der Waals surface area contributed by atoms with E-state index in [-0.39, 0.29) is 5.78 Å². The number of rotatable bonds is 3. The zero-order chi connectivity index (χ0) is 19.1. The Bertz CT molecular complexity index is 1190. The van der Waals surface area contributed by atoms with Crippen molar-refractivity contribution < 1.29 is 9.53 Å². The molecule has 1 aromatic heterocycles. The van der Waals surface area contributed by atoms with Crippen LogP contribution in [0.3, 0.4) is 0 Å². The molecule has 0 fully saturated rings. The van der Waals surface area contributed by atoms with Gasteiger partial charge in [-0.1, -0.05) is 18.2 Å². The summed E-state index contributed by atoms with van der Waals surface area (Å²) in [6.07, 6.45) is 2.69. The van der Waals surface area contributed by atoms with Crippen molar-refractivity contribution in [3.05, 3.63) is 79.0 Å². The van der Waals surface area contributed by atoms with Crippen molar-refractivity contribution in [3.8, 4) is 22.6 Å². The molecule has 0 aliphatic heterocycles. The second kappa shape index (κ2) is 6.66. The molecule has 1 aliphatic carbocycles. The normalized spacial score (nSPS) is 12.9. The van der Waals surface area contributed by atoms with Crippen LogP contribution in [0.4, 0.5) is 0 Å². The fraction of sp³-hybridized carbons (Fsp3) is 0.150. The third kappa shape index (κ3) is 3.04. The molecule has 0 radical (unpaired) electrons. The van der Waals surface area contributed by atoms with Crippen molar-refractivity contribution in [1.82, 2.24) is 9.55 Å². The van der Waals surface area contributed by atoms with Gasteiger partial charge in [0.1, 0.15) is 5.75 Å². The zero-order valence-corrected chi connectivity index (χ0v) is 16.0. The van der Waals surface area contributed by atoms with Gasteiger partial charge in [0.05, 0.1) is 17.3 Å². The molecule has 136 valence electrons.